The number of nitrogens with two attached hydrogens (primary N) is 2. The smallest absolute Gasteiger partial charge is 0.217 e. The molecule has 0 aliphatic carbocycles. The highest BCUT2D eigenvalue weighted by molar-refractivity contribution is 5.73. The van der Waals surface area contributed by atoms with Gasteiger partial charge in [0.25, 0.3) is 0 Å². The Kier molecular flexibility index (Phi) is 5.25. The van der Waals surface area contributed by atoms with Gasteiger partial charge < -0.3 is 11.5 Å². The number of rotatable bonds is 1. The molecule has 0 aliphatic rings. The standard InChI is InChI=1S/C4H5N3.C3H7NO/c5-4-3-6-1-2-7-4;1-2-3(4)5/h1-3H,(H2,5,7);2H2,1H3,(H2,4,5). The van der Waals surface area contributed by atoms with Crippen LogP contribution in [0.4, 0.5) is 5.82 Å². The number of aromatic nitrogens is 2. The molecule has 0 radical (unpaired) electrons. The van der Waals surface area contributed by atoms with Gasteiger partial charge in [-0.2, -0.15) is 0 Å². The molecular weight excluding hydrogens is 156 g/mol. The largest absolute Gasteiger partial charge is 0.382 e. The van der Waals surface area contributed by atoms with E-state index in [9.17, 15) is 4.79 Å². The topological polar surface area (TPSA) is 94.9 Å². The summed E-state index contributed by atoms with van der Waals surface area (Å²) in [7, 11) is 0. The lowest BCUT2D eigenvalue weighted by molar-refractivity contribution is -0.117. The zero-order valence-corrected chi connectivity index (χ0v) is 6.90. The van der Waals surface area contributed by atoms with E-state index in [1.54, 1.807) is 19.3 Å². The minimum Gasteiger partial charge on any atom is -0.382 e. The average Bonchev–Trinajstić information content (AvgIpc) is 2.07. The summed E-state index contributed by atoms with van der Waals surface area (Å²) in [5, 5.41) is 0. The van der Waals surface area contributed by atoms with Crippen molar-refractivity contribution in [1.82, 2.24) is 9.97 Å². The Bertz CT molecular complexity index is 224. The second kappa shape index (κ2) is 6.09. The molecular formula is C7H12N4O. The zero-order valence-electron chi connectivity index (χ0n) is 6.90. The molecule has 1 amide bonds. The van der Waals surface area contributed by atoms with Gasteiger partial charge in [-0.1, -0.05) is 6.92 Å². The number of carbonyl (C=O) groups is 1. The molecule has 1 aromatic heterocycles. The lowest BCUT2D eigenvalue weighted by Crippen LogP contribution is -2.06. The molecule has 0 bridgehead atoms. The monoisotopic (exact) mass is 168 g/mol. The third-order valence-electron chi connectivity index (χ3n) is 0.932. The second-order valence-electron chi connectivity index (χ2n) is 1.95. The Morgan fingerprint density at radius 2 is 2.17 bits per heavy atom. The number of hydrogen-bond donors (Lipinski definition) is 2. The highest BCUT2D eigenvalue weighted by Gasteiger charge is 1.77. The summed E-state index contributed by atoms with van der Waals surface area (Å²) in [5.74, 6) is 0.215. The Morgan fingerprint density at radius 3 is 2.33 bits per heavy atom. The van der Waals surface area contributed by atoms with Crippen molar-refractivity contribution in [2.75, 3.05) is 5.73 Å². The van der Waals surface area contributed by atoms with Crippen LogP contribution in [0.3, 0.4) is 0 Å². The first-order chi connectivity index (χ1) is 5.66. The molecule has 0 aromatic carbocycles. The van der Waals surface area contributed by atoms with Crippen LogP contribution in [0.25, 0.3) is 0 Å². The van der Waals surface area contributed by atoms with Crippen molar-refractivity contribution < 1.29 is 4.79 Å². The van der Waals surface area contributed by atoms with Crippen LogP contribution in [-0.4, -0.2) is 15.9 Å². The van der Waals surface area contributed by atoms with Crippen LogP contribution in [0.1, 0.15) is 13.3 Å². The summed E-state index contributed by atoms with van der Waals surface area (Å²) in [6.45, 7) is 1.72. The van der Waals surface area contributed by atoms with Crippen LogP contribution in [0.5, 0.6) is 0 Å². The van der Waals surface area contributed by atoms with Crippen LogP contribution in [0.2, 0.25) is 0 Å². The summed E-state index contributed by atoms with van der Waals surface area (Å²) in [4.78, 5) is 17.0. The van der Waals surface area contributed by atoms with Gasteiger partial charge in [0.15, 0.2) is 0 Å². The molecule has 0 aliphatic heterocycles. The molecule has 0 saturated carbocycles. The third kappa shape index (κ3) is 6.47. The number of carbonyl (C=O) groups excluding carboxylic acids is 1. The maximum atomic E-state index is 9.59. The van der Waals surface area contributed by atoms with Crippen molar-refractivity contribution in [1.29, 1.82) is 0 Å². The maximum Gasteiger partial charge on any atom is 0.217 e. The van der Waals surface area contributed by atoms with Crippen LogP contribution in [-0.2, 0) is 4.79 Å². The molecule has 0 unspecified atom stereocenters. The third-order valence-corrected chi connectivity index (χ3v) is 0.932. The van der Waals surface area contributed by atoms with E-state index in [0.717, 1.165) is 0 Å². The molecule has 0 saturated heterocycles. The number of primary amides is 1. The first kappa shape index (κ1) is 10.3. The average molecular weight is 168 g/mol. The van der Waals surface area contributed by atoms with Crippen molar-refractivity contribution in [3.63, 3.8) is 0 Å². The normalized spacial score (nSPS) is 8.08. The molecule has 5 heteroatoms. The van der Waals surface area contributed by atoms with Gasteiger partial charge in [-0.25, -0.2) is 4.98 Å². The highest BCUT2D eigenvalue weighted by Crippen LogP contribution is 1.84. The van der Waals surface area contributed by atoms with Crippen molar-refractivity contribution in [3.05, 3.63) is 18.6 Å². The molecule has 1 heterocycles. The fourth-order valence-electron chi connectivity index (χ4n) is 0.311. The lowest BCUT2D eigenvalue weighted by atomic mass is 10.5. The van der Waals surface area contributed by atoms with Crippen molar-refractivity contribution in [2.24, 2.45) is 5.73 Å². The summed E-state index contributed by atoms with van der Waals surface area (Å²) in [6.07, 6.45) is 5.08. The summed E-state index contributed by atoms with van der Waals surface area (Å²) in [6, 6.07) is 0. The molecule has 1 rings (SSSR count). The fraction of sp³-hybridized carbons (Fsp3) is 0.286. The molecule has 4 N–H and O–H groups in total. The number of anilines is 1. The van der Waals surface area contributed by atoms with Gasteiger partial charge in [-0.15, -0.1) is 0 Å². The molecule has 66 valence electrons. The van der Waals surface area contributed by atoms with E-state index in [0.29, 0.717) is 12.2 Å². The second-order valence-corrected chi connectivity index (χ2v) is 1.95. The zero-order chi connectivity index (χ0) is 9.40. The number of hydrogen-bond acceptors (Lipinski definition) is 4. The molecule has 0 atom stereocenters. The van der Waals surface area contributed by atoms with Crippen LogP contribution in [0, 0.1) is 0 Å². The quantitative estimate of drug-likeness (QED) is 0.614. The highest BCUT2D eigenvalue weighted by atomic mass is 16.1. The first-order valence-electron chi connectivity index (χ1n) is 3.46. The first-order valence-corrected chi connectivity index (χ1v) is 3.46. The van der Waals surface area contributed by atoms with E-state index < -0.39 is 0 Å². The van der Waals surface area contributed by atoms with E-state index >= 15 is 0 Å². The fourth-order valence-corrected chi connectivity index (χ4v) is 0.311. The Morgan fingerprint density at radius 1 is 1.58 bits per heavy atom. The van der Waals surface area contributed by atoms with Crippen molar-refractivity contribution in [3.8, 4) is 0 Å². The minimum absolute atomic E-state index is 0.245. The van der Waals surface area contributed by atoms with Gasteiger partial charge in [-0.3, -0.25) is 9.78 Å². The van der Waals surface area contributed by atoms with Crippen LogP contribution < -0.4 is 11.5 Å². The Balaban J connectivity index is 0.000000217. The molecule has 12 heavy (non-hydrogen) atoms. The predicted octanol–water partition coefficient (Wildman–Crippen LogP) is -0.0595. The molecule has 5 nitrogen and oxygen atoms in total. The molecule has 0 fully saturated rings. The SMILES string of the molecule is CCC(N)=O.Nc1cnccn1. The van der Waals surface area contributed by atoms with E-state index in [-0.39, 0.29) is 5.91 Å². The Labute approximate surface area is 70.8 Å². The number of amides is 1. The van der Waals surface area contributed by atoms with Gasteiger partial charge >= 0.3 is 0 Å². The van der Waals surface area contributed by atoms with Gasteiger partial charge in [0.1, 0.15) is 5.82 Å². The van der Waals surface area contributed by atoms with Crippen molar-refractivity contribution in [2.45, 2.75) is 13.3 Å². The molecule has 1 aromatic rings. The molecule has 0 spiro atoms. The number of nitrogen functional groups attached to an aromatic ring is 1. The van der Waals surface area contributed by atoms with Crippen LogP contribution >= 0.6 is 0 Å². The lowest BCUT2D eigenvalue weighted by Gasteiger charge is -1.82. The summed E-state index contributed by atoms with van der Waals surface area (Å²) < 4.78 is 0. The summed E-state index contributed by atoms with van der Waals surface area (Å²) in [5.41, 5.74) is 9.84. The van der Waals surface area contributed by atoms with Crippen molar-refractivity contribution >= 4 is 11.7 Å². The van der Waals surface area contributed by atoms with E-state index in [1.165, 1.54) is 6.20 Å². The Hall–Kier alpha value is -1.65. The van der Waals surface area contributed by atoms with Gasteiger partial charge in [-0.05, 0) is 0 Å². The minimum atomic E-state index is -0.245. The van der Waals surface area contributed by atoms with Crippen LogP contribution in [0.15, 0.2) is 18.6 Å². The maximum absolute atomic E-state index is 9.59. The van der Waals surface area contributed by atoms with E-state index in [4.69, 9.17) is 5.73 Å². The van der Waals surface area contributed by atoms with Gasteiger partial charge in [0.05, 0.1) is 6.20 Å². The predicted molar refractivity (Wildman–Crippen MR) is 45.9 cm³/mol. The van der Waals surface area contributed by atoms with Gasteiger partial charge in [0, 0.05) is 18.8 Å². The number of nitrogens with zero attached hydrogens (tertiary/aromatic N) is 2. The van der Waals surface area contributed by atoms with Gasteiger partial charge in [0.2, 0.25) is 5.91 Å². The van der Waals surface area contributed by atoms with E-state index in [2.05, 4.69) is 15.7 Å². The van der Waals surface area contributed by atoms with E-state index in [1.807, 2.05) is 0 Å². The summed E-state index contributed by atoms with van der Waals surface area (Å²) >= 11 is 0.